The fourth-order valence-corrected chi connectivity index (χ4v) is 1.26. The lowest BCUT2D eigenvalue weighted by Gasteiger charge is -2.21. The highest BCUT2D eigenvalue weighted by Gasteiger charge is 2.29. The van der Waals surface area contributed by atoms with Crippen LogP contribution >= 0.6 is 0 Å². The van der Waals surface area contributed by atoms with Crippen molar-refractivity contribution in [1.82, 2.24) is 0 Å². The summed E-state index contributed by atoms with van der Waals surface area (Å²) in [6.45, 7) is 1.67. The van der Waals surface area contributed by atoms with Gasteiger partial charge < -0.3 is 10.1 Å². The number of ketones is 1. The molecule has 13 heavy (non-hydrogen) atoms. The summed E-state index contributed by atoms with van der Waals surface area (Å²) in [5.74, 6) is -0.553. The Bertz CT molecular complexity index is 231. The van der Waals surface area contributed by atoms with Gasteiger partial charge in [-0.1, -0.05) is 6.92 Å². The second-order valence-corrected chi connectivity index (χ2v) is 3.07. The smallest absolute Gasteiger partial charge is 0.306 e. The lowest BCUT2D eigenvalue weighted by atomic mass is 9.94. The molecule has 4 heteroatoms. The van der Waals surface area contributed by atoms with Gasteiger partial charge in [-0.2, -0.15) is 0 Å². The molecule has 0 saturated heterocycles. The lowest BCUT2D eigenvalue weighted by Crippen LogP contribution is -2.37. The van der Waals surface area contributed by atoms with Crippen LogP contribution in [0.15, 0.2) is 0 Å². The molecule has 1 unspecified atom stereocenters. The summed E-state index contributed by atoms with van der Waals surface area (Å²) in [6.07, 6.45) is 1.05. The normalized spacial score (nSPS) is 23.0. The Morgan fingerprint density at radius 2 is 2.31 bits per heavy atom. The number of carbonyl (C=O) groups is 2. The highest BCUT2D eigenvalue weighted by Crippen LogP contribution is 2.15. The second-order valence-electron chi connectivity index (χ2n) is 3.07. The standard InChI is InChI=1S/C9H13NO3/c1-2-8(12)13-9-6(10)4-3-5-7(9)11/h9-10H,2-5H2,1H3. The van der Waals surface area contributed by atoms with Crippen molar-refractivity contribution in [3.05, 3.63) is 0 Å². The van der Waals surface area contributed by atoms with Crippen LogP contribution in [0.4, 0.5) is 0 Å². The molecular formula is C9H13NO3. The van der Waals surface area contributed by atoms with E-state index in [-0.39, 0.29) is 17.9 Å². The molecule has 1 aliphatic rings. The number of hydrogen-bond donors (Lipinski definition) is 1. The van der Waals surface area contributed by atoms with Crippen molar-refractivity contribution in [2.75, 3.05) is 0 Å². The molecule has 0 aliphatic heterocycles. The molecule has 0 aromatic carbocycles. The van der Waals surface area contributed by atoms with Gasteiger partial charge in [-0.05, 0) is 12.8 Å². The second kappa shape index (κ2) is 4.16. The van der Waals surface area contributed by atoms with Crippen LogP contribution in [-0.4, -0.2) is 23.6 Å². The van der Waals surface area contributed by atoms with E-state index in [9.17, 15) is 9.59 Å². The van der Waals surface area contributed by atoms with Crippen LogP contribution in [0.1, 0.15) is 32.6 Å². The molecule has 0 amide bonds. The number of nitrogens with one attached hydrogen (secondary N) is 1. The summed E-state index contributed by atoms with van der Waals surface area (Å²) in [6, 6.07) is 0. The molecule has 4 nitrogen and oxygen atoms in total. The minimum Gasteiger partial charge on any atom is -0.448 e. The summed E-state index contributed by atoms with van der Waals surface area (Å²) >= 11 is 0. The van der Waals surface area contributed by atoms with Crippen molar-refractivity contribution in [2.45, 2.75) is 38.7 Å². The molecule has 0 heterocycles. The Balaban J connectivity index is 2.59. The predicted octanol–water partition coefficient (Wildman–Crippen LogP) is 1.08. The quantitative estimate of drug-likeness (QED) is 0.651. The first kappa shape index (κ1) is 9.89. The molecule has 0 aromatic heterocycles. The molecule has 0 bridgehead atoms. The summed E-state index contributed by atoms with van der Waals surface area (Å²) in [7, 11) is 0. The zero-order valence-corrected chi connectivity index (χ0v) is 7.63. The number of esters is 1. The molecule has 72 valence electrons. The largest absolute Gasteiger partial charge is 0.448 e. The van der Waals surface area contributed by atoms with Crippen LogP contribution in [0.5, 0.6) is 0 Å². The van der Waals surface area contributed by atoms with Gasteiger partial charge in [0.15, 0.2) is 11.9 Å². The molecule has 1 aliphatic carbocycles. The van der Waals surface area contributed by atoms with Crippen molar-refractivity contribution in [2.24, 2.45) is 0 Å². The SMILES string of the molecule is CCC(=O)OC1C(=N)CCCC1=O. The molecule has 1 rings (SSSR count). The van der Waals surface area contributed by atoms with Crippen LogP contribution in [0, 0.1) is 5.41 Å². The Labute approximate surface area is 76.8 Å². The van der Waals surface area contributed by atoms with Gasteiger partial charge in [-0.15, -0.1) is 0 Å². The topological polar surface area (TPSA) is 67.2 Å². The van der Waals surface area contributed by atoms with E-state index < -0.39 is 12.1 Å². The van der Waals surface area contributed by atoms with Gasteiger partial charge in [-0.25, -0.2) is 0 Å². The van der Waals surface area contributed by atoms with Crippen molar-refractivity contribution in [3.8, 4) is 0 Å². The summed E-state index contributed by atoms with van der Waals surface area (Å²) in [5, 5.41) is 7.45. The Morgan fingerprint density at radius 1 is 1.62 bits per heavy atom. The lowest BCUT2D eigenvalue weighted by molar-refractivity contribution is -0.151. The van der Waals surface area contributed by atoms with E-state index in [2.05, 4.69) is 0 Å². The maximum Gasteiger partial charge on any atom is 0.306 e. The summed E-state index contributed by atoms with van der Waals surface area (Å²) in [4.78, 5) is 22.1. The minimum absolute atomic E-state index is 0.141. The third kappa shape index (κ3) is 2.37. The Kier molecular flexibility index (Phi) is 3.17. The van der Waals surface area contributed by atoms with E-state index in [1.165, 1.54) is 0 Å². The molecule has 1 fully saturated rings. The van der Waals surface area contributed by atoms with Gasteiger partial charge in [0.1, 0.15) is 0 Å². The molecule has 1 N–H and O–H groups in total. The zero-order valence-electron chi connectivity index (χ0n) is 7.63. The molecule has 1 saturated carbocycles. The fraction of sp³-hybridized carbons (Fsp3) is 0.667. The minimum atomic E-state index is -0.888. The third-order valence-electron chi connectivity index (χ3n) is 2.02. The van der Waals surface area contributed by atoms with Crippen molar-refractivity contribution < 1.29 is 14.3 Å². The number of Topliss-reactive ketones (excluding diaryl/α,β-unsaturated/α-hetero) is 1. The van der Waals surface area contributed by atoms with Crippen LogP contribution in [0.3, 0.4) is 0 Å². The summed E-state index contributed by atoms with van der Waals surface area (Å²) in [5.41, 5.74) is 0.234. The molecule has 0 radical (unpaired) electrons. The van der Waals surface area contributed by atoms with Crippen molar-refractivity contribution in [3.63, 3.8) is 0 Å². The van der Waals surface area contributed by atoms with E-state index in [1.54, 1.807) is 6.92 Å². The Morgan fingerprint density at radius 3 is 2.85 bits per heavy atom. The fourth-order valence-electron chi connectivity index (χ4n) is 1.26. The van der Waals surface area contributed by atoms with Crippen LogP contribution in [0.25, 0.3) is 0 Å². The van der Waals surface area contributed by atoms with Crippen LogP contribution in [0.2, 0.25) is 0 Å². The highest BCUT2D eigenvalue weighted by molar-refractivity contribution is 6.09. The van der Waals surface area contributed by atoms with Crippen molar-refractivity contribution in [1.29, 1.82) is 5.41 Å². The summed E-state index contributed by atoms with van der Waals surface area (Å²) < 4.78 is 4.85. The first-order chi connectivity index (χ1) is 6.15. The average molecular weight is 183 g/mol. The molecule has 0 spiro atoms. The number of ether oxygens (including phenoxy) is 1. The first-order valence-corrected chi connectivity index (χ1v) is 4.44. The van der Waals surface area contributed by atoms with Gasteiger partial charge in [0.25, 0.3) is 0 Å². The van der Waals surface area contributed by atoms with E-state index in [0.717, 1.165) is 0 Å². The monoisotopic (exact) mass is 183 g/mol. The van der Waals surface area contributed by atoms with Crippen LogP contribution < -0.4 is 0 Å². The van der Waals surface area contributed by atoms with E-state index >= 15 is 0 Å². The zero-order chi connectivity index (χ0) is 9.84. The van der Waals surface area contributed by atoms with Gasteiger partial charge in [-0.3, -0.25) is 9.59 Å². The molecule has 1 atom stereocenters. The third-order valence-corrected chi connectivity index (χ3v) is 2.02. The van der Waals surface area contributed by atoms with Gasteiger partial charge in [0, 0.05) is 12.8 Å². The molecular weight excluding hydrogens is 170 g/mol. The maximum atomic E-state index is 11.2. The number of hydrogen-bond acceptors (Lipinski definition) is 4. The van der Waals surface area contributed by atoms with Gasteiger partial charge >= 0.3 is 5.97 Å². The van der Waals surface area contributed by atoms with E-state index in [0.29, 0.717) is 19.3 Å². The highest BCUT2D eigenvalue weighted by atomic mass is 16.5. The van der Waals surface area contributed by atoms with Crippen LogP contribution in [-0.2, 0) is 14.3 Å². The Hall–Kier alpha value is -1.19. The number of carbonyl (C=O) groups excluding carboxylic acids is 2. The van der Waals surface area contributed by atoms with Gasteiger partial charge in [0.05, 0.1) is 5.71 Å². The first-order valence-electron chi connectivity index (χ1n) is 4.44. The predicted molar refractivity (Wildman–Crippen MR) is 46.8 cm³/mol. The number of rotatable bonds is 2. The molecule has 0 aromatic rings. The van der Waals surface area contributed by atoms with Gasteiger partial charge in [0.2, 0.25) is 0 Å². The van der Waals surface area contributed by atoms with E-state index in [4.69, 9.17) is 10.1 Å². The van der Waals surface area contributed by atoms with E-state index in [1.807, 2.05) is 0 Å². The van der Waals surface area contributed by atoms with Crippen molar-refractivity contribution >= 4 is 17.5 Å². The average Bonchev–Trinajstić information content (AvgIpc) is 2.11. The maximum absolute atomic E-state index is 11.2.